The Balaban J connectivity index is 1.86. The fourth-order valence-corrected chi connectivity index (χ4v) is 6.45. The first kappa shape index (κ1) is 24.3. The zero-order valence-corrected chi connectivity index (χ0v) is 18.8. The van der Waals surface area contributed by atoms with Gasteiger partial charge >= 0.3 is 0 Å². The van der Waals surface area contributed by atoms with Crippen LogP contribution < -0.4 is 0 Å². The minimum absolute atomic E-state index is 0.138. The summed E-state index contributed by atoms with van der Waals surface area (Å²) in [5, 5.41) is 0. The van der Waals surface area contributed by atoms with E-state index in [9.17, 15) is 8.42 Å². The van der Waals surface area contributed by atoms with Gasteiger partial charge in [-0.15, -0.1) is 0 Å². The van der Waals surface area contributed by atoms with Gasteiger partial charge in [0.2, 0.25) is 0 Å². The molecule has 0 heterocycles. The number of rotatable bonds is 14. The molecule has 0 amide bonds. The summed E-state index contributed by atoms with van der Waals surface area (Å²) < 4.78 is 71.6. The van der Waals surface area contributed by atoms with Crippen LogP contribution in [0.1, 0.15) is 44.9 Å². The molecule has 0 aliphatic heterocycles. The normalized spacial score (nSPS) is 37.7. The molecule has 0 saturated heterocycles. The van der Waals surface area contributed by atoms with E-state index < -0.39 is 32.5 Å². The highest BCUT2D eigenvalue weighted by atomic mass is 32.2. The Kier molecular flexibility index (Phi) is 7.48. The Hall–Kier alpha value is -0.370. The van der Waals surface area contributed by atoms with Crippen molar-refractivity contribution in [3.63, 3.8) is 0 Å². The van der Waals surface area contributed by atoms with Gasteiger partial charge in [0.25, 0.3) is 10.1 Å². The highest BCUT2D eigenvalue weighted by molar-refractivity contribution is 7.85. The average Bonchev–Trinajstić information content (AvgIpc) is 2.65. The fourth-order valence-electron chi connectivity index (χ4n) is 5.97. The van der Waals surface area contributed by atoms with E-state index in [0.717, 1.165) is 0 Å². The number of hydrogen-bond donors (Lipinski definition) is 1. The summed E-state index contributed by atoms with van der Waals surface area (Å²) >= 11 is 0. The van der Waals surface area contributed by atoms with Crippen LogP contribution >= 0.6 is 0 Å². The molecular weight excluding hydrogens is 420 g/mol. The van der Waals surface area contributed by atoms with Gasteiger partial charge in [-0.25, -0.2) is 0 Å². The van der Waals surface area contributed by atoms with Crippen molar-refractivity contribution >= 4 is 10.1 Å². The molecule has 30 heavy (non-hydrogen) atoms. The van der Waals surface area contributed by atoms with Crippen molar-refractivity contribution in [3.05, 3.63) is 0 Å². The number of methoxy groups -OCH3 is 3. The first-order valence-electron chi connectivity index (χ1n) is 10.1. The Morgan fingerprint density at radius 2 is 1.00 bits per heavy atom. The highest BCUT2D eigenvalue weighted by Gasteiger charge is 2.71. The maximum atomic E-state index is 11.1. The summed E-state index contributed by atoms with van der Waals surface area (Å²) in [6.07, 6.45) is 4.09. The van der Waals surface area contributed by atoms with Gasteiger partial charge in [0, 0.05) is 66.5 Å². The van der Waals surface area contributed by atoms with E-state index in [4.69, 9.17) is 37.7 Å². The first-order valence-corrected chi connectivity index (χ1v) is 11.7. The number of ether oxygens (including phenoxy) is 7. The van der Waals surface area contributed by atoms with Crippen molar-refractivity contribution in [1.82, 2.24) is 0 Å². The van der Waals surface area contributed by atoms with Crippen LogP contribution in [0.25, 0.3) is 0 Å². The van der Waals surface area contributed by atoms with Crippen molar-refractivity contribution in [2.75, 3.05) is 54.1 Å². The van der Waals surface area contributed by atoms with E-state index in [1.807, 2.05) is 0 Å². The van der Waals surface area contributed by atoms with E-state index in [2.05, 4.69) is 0 Å². The van der Waals surface area contributed by atoms with Crippen molar-refractivity contribution in [2.24, 2.45) is 0 Å². The smallest absolute Gasteiger partial charge is 0.264 e. The molecule has 0 spiro atoms. The lowest BCUT2D eigenvalue weighted by molar-refractivity contribution is -0.355. The maximum absolute atomic E-state index is 11.1. The maximum Gasteiger partial charge on any atom is 0.264 e. The lowest BCUT2D eigenvalue weighted by Crippen LogP contribution is -2.74. The van der Waals surface area contributed by atoms with Crippen molar-refractivity contribution < 1.29 is 46.1 Å². The second-order valence-corrected chi connectivity index (χ2v) is 10.5. The van der Waals surface area contributed by atoms with Gasteiger partial charge in [-0.05, 0) is 6.42 Å². The standard InChI is InChI=1S/C19H34O10S/c1-23-13-27-17-7-16(26-5-4-6-30(20,21)22)8-18(10-17,28-14-24-2)12-19(9-16,11-17)29-15-25-3/h4-15H2,1-3H3,(H,20,21,22). The van der Waals surface area contributed by atoms with Crippen LogP contribution in [0.3, 0.4) is 0 Å². The Bertz CT molecular complexity index is 613. The van der Waals surface area contributed by atoms with Gasteiger partial charge in [0.05, 0.1) is 28.2 Å². The average molecular weight is 455 g/mol. The van der Waals surface area contributed by atoms with Gasteiger partial charge in [-0.2, -0.15) is 8.42 Å². The van der Waals surface area contributed by atoms with Crippen LogP contribution in [-0.2, 0) is 43.3 Å². The summed E-state index contributed by atoms with van der Waals surface area (Å²) in [5.41, 5.74) is -2.29. The first-order chi connectivity index (χ1) is 14.1. The van der Waals surface area contributed by atoms with Gasteiger partial charge < -0.3 is 33.2 Å². The van der Waals surface area contributed by atoms with Gasteiger partial charge in [0.15, 0.2) is 0 Å². The van der Waals surface area contributed by atoms with Crippen molar-refractivity contribution in [1.29, 1.82) is 0 Å². The Morgan fingerprint density at radius 3 is 1.30 bits per heavy atom. The zero-order chi connectivity index (χ0) is 21.9. The third-order valence-corrected chi connectivity index (χ3v) is 7.07. The minimum atomic E-state index is -4.03. The molecule has 0 aromatic heterocycles. The molecule has 1 N–H and O–H groups in total. The van der Waals surface area contributed by atoms with E-state index in [-0.39, 0.29) is 39.2 Å². The van der Waals surface area contributed by atoms with Crippen LogP contribution in [0.4, 0.5) is 0 Å². The molecule has 4 aliphatic carbocycles. The van der Waals surface area contributed by atoms with Gasteiger partial charge in [-0.1, -0.05) is 0 Å². The molecule has 4 aliphatic rings. The molecule has 10 nitrogen and oxygen atoms in total. The second kappa shape index (κ2) is 9.24. The predicted octanol–water partition coefficient (Wildman–Crippen LogP) is 1.48. The third-order valence-electron chi connectivity index (χ3n) is 6.27. The molecule has 11 heteroatoms. The summed E-state index contributed by atoms with van der Waals surface area (Å²) in [7, 11) is 0.711. The molecule has 0 aromatic carbocycles. The van der Waals surface area contributed by atoms with E-state index in [1.165, 1.54) is 0 Å². The SMILES string of the molecule is COCOC12CC3(OCCCS(=O)(=O)O)CC(OCOC)(C1)CC(OCOC)(C3)C2. The quantitative estimate of drug-likeness (QED) is 0.235. The molecule has 0 aromatic rings. The van der Waals surface area contributed by atoms with Gasteiger partial charge in [-0.3, -0.25) is 4.55 Å². The monoisotopic (exact) mass is 454 g/mol. The fraction of sp³-hybridized carbons (Fsp3) is 1.00. The molecular formula is C19H34O10S. The van der Waals surface area contributed by atoms with Crippen molar-refractivity contribution in [3.8, 4) is 0 Å². The summed E-state index contributed by atoms with van der Waals surface area (Å²) in [5.74, 6) is -0.342. The molecule has 4 rings (SSSR count). The Morgan fingerprint density at radius 1 is 0.667 bits per heavy atom. The zero-order valence-electron chi connectivity index (χ0n) is 18.0. The molecule has 0 unspecified atom stereocenters. The van der Waals surface area contributed by atoms with E-state index in [0.29, 0.717) is 38.5 Å². The topological polar surface area (TPSA) is 119 Å². The molecule has 0 atom stereocenters. The Labute approximate surface area is 178 Å². The van der Waals surface area contributed by atoms with E-state index in [1.54, 1.807) is 21.3 Å². The van der Waals surface area contributed by atoms with Crippen LogP contribution in [0, 0.1) is 0 Å². The van der Waals surface area contributed by atoms with Crippen LogP contribution in [0.15, 0.2) is 0 Å². The molecule has 4 bridgehead atoms. The molecule has 0 radical (unpaired) electrons. The molecule has 4 saturated carbocycles. The molecule has 176 valence electrons. The second-order valence-electron chi connectivity index (χ2n) is 8.93. The highest BCUT2D eigenvalue weighted by Crippen LogP contribution is 2.65. The minimum Gasteiger partial charge on any atom is -0.375 e. The predicted molar refractivity (Wildman–Crippen MR) is 104 cm³/mol. The van der Waals surface area contributed by atoms with Gasteiger partial charge in [0.1, 0.15) is 20.4 Å². The summed E-state index contributed by atoms with van der Waals surface area (Å²) in [6, 6.07) is 0. The lowest BCUT2D eigenvalue weighted by atomic mass is 9.48. The van der Waals surface area contributed by atoms with Crippen molar-refractivity contribution in [2.45, 2.75) is 67.3 Å². The third kappa shape index (κ3) is 5.51. The summed E-state index contributed by atoms with van der Waals surface area (Å²) in [6.45, 7) is 0.611. The summed E-state index contributed by atoms with van der Waals surface area (Å²) in [4.78, 5) is 0. The molecule has 4 fully saturated rings. The number of hydrogen-bond acceptors (Lipinski definition) is 9. The van der Waals surface area contributed by atoms with Crippen LogP contribution in [0.2, 0.25) is 0 Å². The largest absolute Gasteiger partial charge is 0.375 e. The lowest BCUT2D eigenvalue weighted by Gasteiger charge is -2.68. The van der Waals surface area contributed by atoms with E-state index >= 15 is 0 Å². The van der Waals surface area contributed by atoms with Crippen LogP contribution in [-0.4, -0.2) is 89.4 Å². The van der Waals surface area contributed by atoms with Crippen LogP contribution in [0.5, 0.6) is 0 Å².